The van der Waals surface area contributed by atoms with Gasteiger partial charge in [0.05, 0.1) is 18.1 Å². The van der Waals surface area contributed by atoms with Crippen LogP contribution in [0.15, 0.2) is 23.8 Å². The second-order valence-electron chi connectivity index (χ2n) is 14.3. The van der Waals surface area contributed by atoms with E-state index < -0.39 is 49.2 Å². The van der Waals surface area contributed by atoms with Crippen molar-refractivity contribution in [3.8, 4) is 0 Å². The van der Waals surface area contributed by atoms with Crippen molar-refractivity contribution in [3.05, 3.63) is 23.8 Å². The Morgan fingerprint density at radius 1 is 1.13 bits per heavy atom. The van der Waals surface area contributed by atoms with E-state index in [-0.39, 0.29) is 22.8 Å². The van der Waals surface area contributed by atoms with Crippen LogP contribution in [-0.2, 0) is 28.2 Å². The minimum atomic E-state index is -2.21. The molecule has 4 rings (SSSR count). The maximum Gasteiger partial charge on any atom is 0.410 e. The molecule has 1 aliphatic heterocycles. The van der Waals surface area contributed by atoms with Crippen molar-refractivity contribution >= 4 is 26.2 Å². The lowest BCUT2D eigenvalue weighted by atomic mass is 9.50. The summed E-state index contributed by atoms with van der Waals surface area (Å²) in [7, 11) is -0.464. The molecule has 8 nitrogen and oxygen atoms in total. The van der Waals surface area contributed by atoms with Gasteiger partial charge in [-0.25, -0.2) is 4.79 Å². The summed E-state index contributed by atoms with van der Waals surface area (Å²) in [6, 6.07) is 0. The Hall–Kier alpha value is -1.97. The quantitative estimate of drug-likeness (QED) is 0.300. The van der Waals surface area contributed by atoms with Gasteiger partial charge >= 0.3 is 12.1 Å². The number of carbonyl (C=O) groups is 3. The molecule has 0 spiro atoms. The molecule has 1 saturated heterocycles. The van der Waals surface area contributed by atoms with Gasteiger partial charge in [0, 0.05) is 25.9 Å². The first-order valence-corrected chi connectivity index (χ1v) is 17.2. The van der Waals surface area contributed by atoms with Crippen LogP contribution in [0, 0.1) is 17.3 Å². The molecule has 1 heterocycles. The summed E-state index contributed by atoms with van der Waals surface area (Å²) in [5.41, 5.74) is -0.200. The predicted molar refractivity (Wildman–Crippen MR) is 150 cm³/mol. The predicted octanol–water partition coefficient (Wildman–Crippen LogP) is 5.77. The van der Waals surface area contributed by atoms with E-state index in [0.717, 1.165) is 24.8 Å². The Labute approximate surface area is 234 Å². The molecule has 2 unspecified atom stereocenters. The second kappa shape index (κ2) is 9.84. The van der Waals surface area contributed by atoms with Gasteiger partial charge < -0.3 is 23.5 Å². The van der Waals surface area contributed by atoms with Crippen molar-refractivity contribution in [2.24, 2.45) is 17.3 Å². The number of allylic oxidation sites excluding steroid dienone is 2. The molecule has 0 aromatic rings. The monoisotopic (exact) mass is 561 g/mol. The SMILES string of the molecule is CC(=O)OC12O[C@@H]3[C@@H](O[Si](C)(C)C(C)(C)C)CC[C@@H]4CC=C(C=CC1=O)C2[C@@]43CCN(C)C(=O)OC(C)(C)C. The maximum atomic E-state index is 13.6. The van der Waals surface area contributed by atoms with Crippen LogP contribution in [0.3, 0.4) is 0 Å². The van der Waals surface area contributed by atoms with E-state index >= 15 is 0 Å². The van der Waals surface area contributed by atoms with Gasteiger partial charge in [-0.2, -0.15) is 0 Å². The van der Waals surface area contributed by atoms with Crippen LogP contribution < -0.4 is 0 Å². The summed E-state index contributed by atoms with van der Waals surface area (Å²) in [4.78, 5) is 40.6. The Morgan fingerprint density at radius 3 is 2.38 bits per heavy atom. The van der Waals surface area contributed by atoms with Gasteiger partial charge in [-0.15, -0.1) is 0 Å². The number of ether oxygens (including phenoxy) is 3. The lowest BCUT2D eigenvalue weighted by Gasteiger charge is -2.55. The standard InChI is InChI=1S/C30H47NO7Si/c1-19(32)35-30-23(33)16-12-20-11-13-21-14-15-22(38-39(9,10)28(5,6)7)25(36-30)29(21,24(20)30)17-18-31(8)26(34)37-27(2,3)4/h11-12,16,21-22,24-25H,13-15,17-18H2,1-10H3/t21-,22-,24?,25+,29+,30?/m0/s1. The van der Waals surface area contributed by atoms with Gasteiger partial charge in [-0.1, -0.05) is 32.9 Å². The number of amides is 1. The number of nitrogens with zero attached hydrogens (tertiary/aromatic N) is 1. The molecule has 0 aromatic heterocycles. The average Bonchev–Trinajstić information content (AvgIpc) is 3.09. The van der Waals surface area contributed by atoms with E-state index in [1.165, 1.54) is 13.0 Å². The highest BCUT2D eigenvalue weighted by Gasteiger charge is 2.75. The Morgan fingerprint density at radius 2 is 1.79 bits per heavy atom. The highest BCUT2D eigenvalue weighted by Crippen LogP contribution is 2.67. The average molecular weight is 562 g/mol. The Kier molecular flexibility index (Phi) is 7.57. The molecular formula is C30H47NO7Si. The molecule has 39 heavy (non-hydrogen) atoms. The zero-order valence-electron chi connectivity index (χ0n) is 25.4. The molecule has 4 aliphatic rings. The number of rotatable bonds is 6. The molecule has 0 aromatic carbocycles. The lowest BCUT2D eigenvalue weighted by Crippen LogP contribution is -2.59. The summed E-state index contributed by atoms with van der Waals surface area (Å²) in [6.07, 6.45) is 7.52. The van der Waals surface area contributed by atoms with Crippen LogP contribution in [0.5, 0.6) is 0 Å². The highest BCUT2D eigenvalue weighted by molar-refractivity contribution is 6.74. The first-order valence-electron chi connectivity index (χ1n) is 14.3. The smallest absolute Gasteiger partial charge is 0.410 e. The Bertz CT molecular complexity index is 1080. The third-order valence-electron chi connectivity index (χ3n) is 9.52. The van der Waals surface area contributed by atoms with Gasteiger partial charge in [0.1, 0.15) is 5.60 Å². The van der Waals surface area contributed by atoms with Gasteiger partial charge in [0.2, 0.25) is 5.78 Å². The first-order chi connectivity index (χ1) is 17.8. The summed E-state index contributed by atoms with van der Waals surface area (Å²) >= 11 is 0. The van der Waals surface area contributed by atoms with Crippen molar-refractivity contribution in [1.82, 2.24) is 4.90 Å². The number of hydrogen-bond acceptors (Lipinski definition) is 7. The third-order valence-corrected chi connectivity index (χ3v) is 14.0. The zero-order chi connectivity index (χ0) is 29.2. The van der Waals surface area contributed by atoms with Crippen LogP contribution in [0.1, 0.15) is 74.1 Å². The third kappa shape index (κ3) is 5.15. The fourth-order valence-electron chi connectivity index (χ4n) is 6.78. The van der Waals surface area contributed by atoms with Crippen LogP contribution in [0.4, 0.5) is 4.79 Å². The molecule has 6 atom stereocenters. The summed E-state index contributed by atoms with van der Waals surface area (Å²) in [5.74, 6) is -2.89. The van der Waals surface area contributed by atoms with Crippen LogP contribution in [0.2, 0.25) is 18.1 Å². The van der Waals surface area contributed by atoms with Gasteiger partial charge in [0.25, 0.3) is 5.79 Å². The van der Waals surface area contributed by atoms with Crippen LogP contribution in [-0.4, -0.2) is 68.3 Å². The Balaban J connectivity index is 1.79. The van der Waals surface area contributed by atoms with E-state index in [4.69, 9.17) is 18.6 Å². The normalized spacial score (nSPS) is 33.8. The minimum absolute atomic E-state index is 0.0120. The van der Waals surface area contributed by atoms with Gasteiger partial charge in [-0.3, -0.25) is 9.59 Å². The van der Waals surface area contributed by atoms with E-state index in [1.807, 2.05) is 26.8 Å². The molecule has 3 aliphatic carbocycles. The van der Waals surface area contributed by atoms with Crippen molar-refractivity contribution < 1.29 is 33.0 Å². The molecule has 2 fully saturated rings. The lowest BCUT2D eigenvalue weighted by molar-refractivity contribution is -0.232. The maximum absolute atomic E-state index is 13.6. The molecule has 1 saturated carbocycles. The van der Waals surface area contributed by atoms with Crippen molar-refractivity contribution in [2.45, 2.75) is 116 Å². The van der Waals surface area contributed by atoms with E-state index in [1.54, 1.807) is 11.9 Å². The van der Waals surface area contributed by atoms with Gasteiger partial charge in [0.15, 0.2) is 8.32 Å². The fraction of sp³-hybridized carbons (Fsp3) is 0.767. The largest absolute Gasteiger partial charge is 0.444 e. The number of hydrogen-bond donors (Lipinski definition) is 0. The second-order valence-corrected chi connectivity index (χ2v) is 19.1. The highest BCUT2D eigenvalue weighted by atomic mass is 28.4. The van der Waals surface area contributed by atoms with Crippen molar-refractivity contribution in [2.75, 3.05) is 13.6 Å². The van der Waals surface area contributed by atoms with E-state index in [0.29, 0.717) is 13.0 Å². The number of ketones is 1. The zero-order valence-corrected chi connectivity index (χ0v) is 26.4. The number of carbonyl (C=O) groups excluding carboxylic acids is 3. The molecule has 218 valence electrons. The van der Waals surface area contributed by atoms with Crippen molar-refractivity contribution in [1.29, 1.82) is 0 Å². The molecule has 0 radical (unpaired) electrons. The summed E-state index contributed by atoms with van der Waals surface area (Å²) in [5, 5.41) is -0.0120. The molecule has 0 N–H and O–H groups in total. The minimum Gasteiger partial charge on any atom is -0.444 e. The molecular weight excluding hydrogens is 514 g/mol. The number of esters is 1. The van der Waals surface area contributed by atoms with E-state index in [2.05, 4.69) is 39.9 Å². The molecule has 1 amide bonds. The first kappa shape index (κ1) is 30.0. The summed E-state index contributed by atoms with van der Waals surface area (Å²) in [6.45, 7) is 18.4. The van der Waals surface area contributed by atoms with Crippen LogP contribution >= 0.6 is 0 Å². The summed E-state index contributed by atoms with van der Waals surface area (Å²) < 4.78 is 25.3. The van der Waals surface area contributed by atoms with Crippen LogP contribution in [0.25, 0.3) is 0 Å². The van der Waals surface area contributed by atoms with Crippen molar-refractivity contribution in [3.63, 3.8) is 0 Å². The molecule has 9 heteroatoms. The van der Waals surface area contributed by atoms with Gasteiger partial charge in [-0.05, 0) is 82.2 Å². The fourth-order valence-corrected chi connectivity index (χ4v) is 8.13. The topological polar surface area (TPSA) is 91.4 Å². The van der Waals surface area contributed by atoms with E-state index in [9.17, 15) is 14.4 Å². The molecule has 0 bridgehead atoms.